The van der Waals surface area contributed by atoms with Gasteiger partial charge in [0.1, 0.15) is 0 Å². The lowest BCUT2D eigenvalue weighted by Crippen LogP contribution is -2.29. The van der Waals surface area contributed by atoms with Crippen LogP contribution in [0.3, 0.4) is 0 Å². The number of aliphatic hydroxyl groups is 1. The molecule has 0 amide bonds. The van der Waals surface area contributed by atoms with Gasteiger partial charge in [-0.3, -0.25) is 0 Å². The Morgan fingerprint density at radius 3 is 2.91 bits per heavy atom. The molecular weight excluding hydrogens is 140 g/mol. The van der Waals surface area contributed by atoms with Gasteiger partial charge in [0.2, 0.25) is 0 Å². The second kappa shape index (κ2) is 1.41. The summed E-state index contributed by atoms with van der Waals surface area (Å²) in [5.41, 5.74) is 1.20. The van der Waals surface area contributed by atoms with Crippen LogP contribution in [0.25, 0.3) is 0 Å². The van der Waals surface area contributed by atoms with Crippen LogP contribution in [-0.2, 0) is 4.74 Å². The van der Waals surface area contributed by atoms with Crippen LogP contribution in [0, 0.1) is 11.3 Å². The third kappa shape index (κ3) is 0.472. The van der Waals surface area contributed by atoms with E-state index in [1.807, 2.05) is 0 Å². The van der Waals surface area contributed by atoms with Crippen LogP contribution in [0.2, 0.25) is 0 Å². The fraction of sp³-hybridized carbons (Fsp3) is 0.778. The van der Waals surface area contributed by atoms with Crippen LogP contribution >= 0.6 is 0 Å². The molecule has 1 heterocycles. The second-order valence-corrected chi connectivity index (χ2v) is 4.33. The highest BCUT2D eigenvalue weighted by atomic mass is 16.6. The lowest BCUT2D eigenvalue weighted by molar-refractivity contribution is 0.0162. The molecule has 3 rings (SSSR count). The number of epoxide rings is 1. The van der Waals surface area contributed by atoms with Crippen LogP contribution in [0.5, 0.6) is 0 Å². The topological polar surface area (TPSA) is 32.8 Å². The van der Waals surface area contributed by atoms with Gasteiger partial charge in [-0.15, -0.1) is 0 Å². The van der Waals surface area contributed by atoms with Crippen molar-refractivity contribution in [1.82, 2.24) is 0 Å². The molecule has 0 aromatic heterocycles. The molecule has 2 saturated carbocycles. The van der Waals surface area contributed by atoms with Crippen molar-refractivity contribution >= 4 is 0 Å². The Hall–Kier alpha value is -0.340. The van der Waals surface area contributed by atoms with Gasteiger partial charge in [0.25, 0.3) is 0 Å². The minimum absolute atomic E-state index is 0.00637. The molecular formula is C9H12O2. The van der Waals surface area contributed by atoms with Crippen molar-refractivity contribution in [2.75, 3.05) is 0 Å². The number of hydrogen-bond acceptors (Lipinski definition) is 2. The Labute approximate surface area is 65.9 Å². The SMILES string of the molecule is C=C1CC2(C)C(O)C1C1OC12. The summed E-state index contributed by atoms with van der Waals surface area (Å²) in [6.45, 7) is 6.08. The van der Waals surface area contributed by atoms with Crippen molar-refractivity contribution in [2.45, 2.75) is 31.7 Å². The second-order valence-electron chi connectivity index (χ2n) is 4.33. The standard InChI is InChI=1S/C9H12O2/c1-4-3-9(2)7(10)5(4)6-8(9)11-6/h5-8,10H,1,3H2,2H3. The summed E-state index contributed by atoms with van der Waals surface area (Å²) in [5, 5.41) is 9.82. The smallest absolute Gasteiger partial charge is 0.0938 e. The predicted molar refractivity (Wildman–Crippen MR) is 40.0 cm³/mol. The van der Waals surface area contributed by atoms with E-state index >= 15 is 0 Å². The van der Waals surface area contributed by atoms with E-state index in [2.05, 4.69) is 13.5 Å². The van der Waals surface area contributed by atoms with E-state index in [0.29, 0.717) is 12.2 Å². The van der Waals surface area contributed by atoms with Crippen LogP contribution in [0.15, 0.2) is 12.2 Å². The Balaban J connectivity index is 2.11. The zero-order valence-corrected chi connectivity index (χ0v) is 6.58. The number of rotatable bonds is 0. The van der Waals surface area contributed by atoms with Crippen molar-refractivity contribution in [3.8, 4) is 0 Å². The largest absolute Gasteiger partial charge is 0.392 e. The molecule has 2 bridgehead atoms. The van der Waals surface area contributed by atoms with Crippen LogP contribution in [0.4, 0.5) is 0 Å². The maximum Gasteiger partial charge on any atom is 0.0938 e. The molecule has 1 saturated heterocycles. The molecule has 2 nitrogen and oxygen atoms in total. The molecule has 1 aliphatic heterocycles. The normalized spacial score (nSPS) is 65.1. The summed E-state index contributed by atoms with van der Waals surface area (Å²) in [4.78, 5) is 0. The molecule has 0 spiro atoms. The van der Waals surface area contributed by atoms with E-state index in [1.54, 1.807) is 0 Å². The molecule has 5 atom stereocenters. The minimum atomic E-state index is -0.182. The van der Waals surface area contributed by atoms with E-state index in [0.717, 1.165) is 6.42 Å². The van der Waals surface area contributed by atoms with Gasteiger partial charge in [-0.05, 0) is 6.42 Å². The highest BCUT2D eigenvalue weighted by Crippen LogP contribution is 2.65. The van der Waals surface area contributed by atoms with Gasteiger partial charge in [0, 0.05) is 11.3 Å². The Bertz CT molecular complexity index is 248. The first kappa shape index (κ1) is 6.21. The molecule has 2 aliphatic carbocycles. The van der Waals surface area contributed by atoms with E-state index in [1.165, 1.54) is 5.57 Å². The first-order valence-corrected chi connectivity index (χ1v) is 4.16. The lowest BCUT2D eigenvalue weighted by Gasteiger charge is -2.23. The molecule has 60 valence electrons. The highest BCUT2D eigenvalue weighted by molar-refractivity contribution is 5.32. The van der Waals surface area contributed by atoms with Crippen LogP contribution < -0.4 is 0 Å². The Morgan fingerprint density at radius 1 is 1.73 bits per heavy atom. The Kier molecular flexibility index (Phi) is 0.796. The quantitative estimate of drug-likeness (QED) is 0.409. The molecule has 0 radical (unpaired) electrons. The van der Waals surface area contributed by atoms with Crippen molar-refractivity contribution in [3.05, 3.63) is 12.2 Å². The molecule has 3 aliphatic rings. The first-order valence-electron chi connectivity index (χ1n) is 4.16. The average molecular weight is 152 g/mol. The van der Waals surface area contributed by atoms with Gasteiger partial charge in [-0.1, -0.05) is 19.1 Å². The van der Waals surface area contributed by atoms with Crippen molar-refractivity contribution in [2.24, 2.45) is 11.3 Å². The third-order valence-corrected chi connectivity index (χ3v) is 3.62. The monoisotopic (exact) mass is 152 g/mol. The Morgan fingerprint density at radius 2 is 2.45 bits per heavy atom. The van der Waals surface area contributed by atoms with E-state index in [-0.39, 0.29) is 17.4 Å². The summed E-state index contributed by atoms with van der Waals surface area (Å²) in [6.07, 6.45) is 1.43. The number of fused-ring (bicyclic) bond motifs is 5. The van der Waals surface area contributed by atoms with Gasteiger partial charge in [-0.2, -0.15) is 0 Å². The number of hydrogen-bond donors (Lipinski definition) is 1. The molecule has 0 aromatic carbocycles. The van der Waals surface area contributed by atoms with Gasteiger partial charge in [0.05, 0.1) is 18.3 Å². The first-order chi connectivity index (χ1) is 5.14. The maximum atomic E-state index is 9.82. The van der Waals surface area contributed by atoms with E-state index < -0.39 is 0 Å². The van der Waals surface area contributed by atoms with E-state index in [9.17, 15) is 5.11 Å². The average Bonchev–Trinajstić information content (AvgIpc) is 2.59. The molecule has 2 heteroatoms. The van der Waals surface area contributed by atoms with Crippen LogP contribution in [0.1, 0.15) is 13.3 Å². The predicted octanol–water partition coefficient (Wildman–Crippen LogP) is 0.711. The van der Waals surface area contributed by atoms with Crippen molar-refractivity contribution in [3.63, 3.8) is 0 Å². The molecule has 11 heavy (non-hydrogen) atoms. The van der Waals surface area contributed by atoms with Crippen LogP contribution in [-0.4, -0.2) is 23.4 Å². The molecule has 3 fully saturated rings. The number of ether oxygens (including phenoxy) is 1. The zero-order valence-electron chi connectivity index (χ0n) is 6.58. The van der Waals surface area contributed by atoms with Gasteiger partial charge < -0.3 is 9.84 Å². The van der Waals surface area contributed by atoms with Gasteiger partial charge >= 0.3 is 0 Å². The third-order valence-electron chi connectivity index (χ3n) is 3.62. The fourth-order valence-corrected chi connectivity index (χ4v) is 2.95. The molecule has 1 N–H and O–H groups in total. The van der Waals surface area contributed by atoms with Crippen molar-refractivity contribution in [1.29, 1.82) is 0 Å². The molecule has 0 aromatic rings. The summed E-state index contributed by atoms with van der Waals surface area (Å²) < 4.78 is 5.46. The fourth-order valence-electron chi connectivity index (χ4n) is 2.95. The number of aliphatic hydroxyl groups excluding tert-OH is 1. The molecule has 5 unspecified atom stereocenters. The summed E-state index contributed by atoms with van der Waals surface area (Å²) in [7, 11) is 0. The van der Waals surface area contributed by atoms with Gasteiger partial charge in [-0.25, -0.2) is 0 Å². The zero-order chi connectivity index (χ0) is 7.80. The van der Waals surface area contributed by atoms with E-state index in [4.69, 9.17) is 4.74 Å². The lowest BCUT2D eigenvalue weighted by atomic mass is 9.84. The van der Waals surface area contributed by atoms with Gasteiger partial charge in [0.15, 0.2) is 0 Å². The highest BCUT2D eigenvalue weighted by Gasteiger charge is 2.72. The maximum absolute atomic E-state index is 9.82. The van der Waals surface area contributed by atoms with Crippen molar-refractivity contribution < 1.29 is 9.84 Å². The summed E-state index contributed by atoms with van der Waals surface area (Å²) >= 11 is 0. The minimum Gasteiger partial charge on any atom is -0.392 e. The summed E-state index contributed by atoms with van der Waals surface area (Å²) in [6, 6.07) is 0. The summed E-state index contributed by atoms with van der Waals surface area (Å²) in [5.74, 6) is 0.255.